The second-order valence-electron chi connectivity index (χ2n) is 5.21. The van der Waals surface area contributed by atoms with Gasteiger partial charge in [0, 0.05) is 32.1 Å². The number of nitrogens with zero attached hydrogens (tertiary/aromatic N) is 1. The second kappa shape index (κ2) is 7.70. The SMILES string of the molecule is CCO.Cc1c(-c2ccc(N)cc2)ccc(N(C)C)c1C. The summed E-state index contributed by atoms with van der Waals surface area (Å²) in [6.07, 6.45) is 0. The van der Waals surface area contributed by atoms with Crippen molar-refractivity contribution in [1.29, 1.82) is 0 Å². The van der Waals surface area contributed by atoms with E-state index in [-0.39, 0.29) is 6.61 Å². The third-order valence-electron chi connectivity index (χ3n) is 3.46. The molecule has 0 spiro atoms. The molecule has 0 radical (unpaired) electrons. The average molecular weight is 286 g/mol. The molecule has 0 aliphatic rings. The largest absolute Gasteiger partial charge is 0.399 e. The van der Waals surface area contributed by atoms with Crippen LogP contribution in [-0.4, -0.2) is 25.8 Å². The highest BCUT2D eigenvalue weighted by Gasteiger charge is 2.09. The lowest BCUT2D eigenvalue weighted by molar-refractivity contribution is 0.318. The summed E-state index contributed by atoms with van der Waals surface area (Å²) in [6, 6.07) is 12.4. The van der Waals surface area contributed by atoms with Gasteiger partial charge in [0.1, 0.15) is 0 Å². The van der Waals surface area contributed by atoms with Gasteiger partial charge in [-0.2, -0.15) is 0 Å². The van der Waals surface area contributed by atoms with E-state index in [1.165, 1.54) is 27.9 Å². The summed E-state index contributed by atoms with van der Waals surface area (Å²) in [7, 11) is 4.15. The molecule has 0 heterocycles. The van der Waals surface area contributed by atoms with E-state index in [0.717, 1.165) is 5.69 Å². The minimum Gasteiger partial charge on any atom is -0.399 e. The number of benzene rings is 2. The molecule has 3 nitrogen and oxygen atoms in total. The van der Waals surface area contributed by atoms with E-state index in [2.05, 4.69) is 57.1 Å². The van der Waals surface area contributed by atoms with Crippen LogP contribution in [0.15, 0.2) is 36.4 Å². The highest BCUT2D eigenvalue weighted by Crippen LogP contribution is 2.31. The number of nitrogens with two attached hydrogens (primary N) is 1. The summed E-state index contributed by atoms with van der Waals surface area (Å²) in [6.45, 7) is 6.28. The van der Waals surface area contributed by atoms with Gasteiger partial charge in [0.2, 0.25) is 0 Å². The van der Waals surface area contributed by atoms with Crippen molar-refractivity contribution in [2.75, 3.05) is 31.3 Å². The number of aliphatic hydroxyl groups is 1. The molecular weight excluding hydrogens is 260 g/mol. The van der Waals surface area contributed by atoms with Gasteiger partial charge in [-0.15, -0.1) is 0 Å². The Kier molecular flexibility index (Phi) is 6.25. The summed E-state index contributed by atoms with van der Waals surface area (Å²) in [5, 5.41) is 7.57. The van der Waals surface area contributed by atoms with Gasteiger partial charge in [0.15, 0.2) is 0 Å². The van der Waals surface area contributed by atoms with E-state index < -0.39 is 0 Å². The summed E-state index contributed by atoms with van der Waals surface area (Å²) in [4.78, 5) is 2.15. The first kappa shape index (κ1) is 17.1. The Balaban J connectivity index is 0.000000677. The smallest absolute Gasteiger partial charge is 0.0402 e. The van der Waals surface area contributed by atoms with E-state index in [0.29, 0.717) is 0 Å². The van der Waals surface area contributed by atoms with Crippen molar-refractivity contribution in [2.45, 2.75) is 20.8 Å². The fourth-order valence-corrected chi connectivity index (χ4v) is 2.27. The molecule has 0 aliphatic carbocycles. The third-order valence-corrected chi connectivity index (χ3v) is 3.46. The zero-order valence-corrected chi connectivity index (χ0v) is 13.6. The number of aliphatic hydroxyl groups excluding tert-OH is 1. The average Bonchev–Trinajstić information content (AvgIpc) is 2.43. The minimum absolute atomic E-state index is 0.250. The molecule has 114 valence electrons. The number of nitrogen functional groups attached to an aromatic ring is 1. The topological polar surface area (TPSA) is 49.5 Å². The zero-order valence-electron chi connectivity index (χ0n) is 13.6. The fraction of sp³-hybridized carbons (Fsp3) is 0.333. The first-order valence-electron chi connectivity index (χ1n) is 7.16. The zero-order chi connectivity index (χ0) is 16.0. The lowest BCUT2D eigenvalue weighted by Gasteiger charge is -2.19. The Morgan fingerprint density at radius 1 is 0.952 bits per heavy atom. The number of anilines is 2. The highest BCUT2D eigenvalue weighted by atomic mass is 16.2. The van der Waals surface area contributed by atoms with Gasteiger partial charge in [0.25, 0.3) is 0 Å². The predicted molar refractivity (Wildman–Crippen MR) is 92.9 cm³/mol. The summed E-state index contributed by atoms with van der Waals surface area (Å²) >= 11 is 0. The molecule has 0 saturated carbocycles. The van der Waals surface area contributed by atoms with E-state index in [1.54, 1.807) is 6.92 Å². The third kappa shape index (κ3) is 4.23. The van der Waals surface area contributed by atoms with Crippen LogP contribution >= 0.6 is 0 Å². The van der Waals surface area contributed by atoms with Crippen LogP contribution in [0.4, 0.5) is 11.4 Å². The van der Waals surface area contributed by atoms with Gasteiger partial charge in [-0.25, -0.2) is 0 Å². The normalized spacial score (nSPS) is 9.81. The minimum atomic E-state index is 0.250. The molecule has 2 aromatic rings. The van der Waals surface area contributed by atoms with Crippen molar-refractivity contribution >= 4 is 11.4 Å². The molecule has 2 aromatic carbocycles. The quantitative estimate of drug-likeness (QED) is 0.829. The first-order valence-corrected chi connectivity index (χ1v) is 7.16. The van der Waals surface area contributed by atoms with Crippen LogP contribution in [0.5, 0.6) is 0 Å². The summed E-state index contributed by atoms with van der Waals surface area (Å²) in [5.74, 6) is 0. The highest BCUT2D eigenvalue weighted by molar-refractivity contribution is 5.74. The fourth-order valence-electron chi connectivity index (χ4n) is 2.27. The number of hydrogen-bond donors (Lipinski definition) is 2. The molecule has 0 amide bonds. The molecule has 0 aromatic heterocycles. The van der Waals surface area contributed by atoms with Gasteiger partial charge < -0.3 is 15.7 Å². The van der Waals surface area contributed by atoms with Crippen LogP contribution in [-0.2, 0) is 0 Å². The maximum atomic E-state index is 7.57. The maximum absolute atomic E-state index is 7.57. The molecule has 3 N–H and O–H groups in total. The molecule has 0 bridgehead atoms. The number of hydrogen-bond acceptors (Lipinski definition) is 3. The Bertz CT molecular complexity index is 575. The Hall–Kier alpha value is -2.00. The van der Waals surface area contributed by atoms with Crippen molar-refractivity contribution < 1.29 is 5.11 Å². The van der Waals surface area contributed by atoms with Crippen molar-refractivity contribution in [3.63, 3.8) is 0 Å². The van der Waals surface area contributed by atoms with E-state index in [9.17, 15) is 0 Å². The van der Waals surface area contributed by atoms with Crippen molar-refractivity contribution in [1.82, 2.24) is 0 Å². The van der Waals surface area contributed by atoms with Crippen LogP contribution in [0.3, 0.4) is 0 Å². The van der Waals surface area contributed by atoms with Gasteiger partial charge in [-0.3, -0.25) is 0 Å². The molecule has 0 aliphatic heterocycles. The molecule has 3 heteroatoms. The summed E-state index contributed by atoms with van der Waals surface area (Å²) in [5.41, 5.74) is 13.0. The Labute approximate surface area is 128 Å². The molecular formula is C18H26N2O. The molecule has 0 fully saturated rings. The van der Waals surface area contributed by atoms with Gasteiger partial charge in [-0.1, -0.05) is 18.2 Å². The summed E-state index contributed by atoms with van der Waals surface area (Å²) < 4.78 is 0. The maximum Gasteiger partial charge on any atom is 0.0402 e. The van der Waals surface area contributed by atoms with Crippen molar-refractivity contribution in [3.8, 4) is 11.1 Å². The van der Waals surface area contributed by atoms with Crippen LogP contribution in [0.2, 0.25) is 0 Å². The van der Waals surface area contributed by atoms with Gasteiger partial charge >= 0.3 is 0 Å². The number of rotatable bonds is 2. The van der Waals surface area contributed by atoms with Gasteiger partial charge in [-0.05, 0) is 61.2 Å². The van der Waals surface area contributed by atoms with E-state index in [1.807, 2.05) is 12.1 Å². The Morgan fingerprint density at radius 3 is 1.95 bits per heavy atom. The van der Waals surface area contributed by atoms with Crippen LogP contribution in [0.25, 0.3) is 11.1 Å². The molecule has 0 saturated heterocycles. The lowest BCUT2D eigenvalue weighted by Crippen LogP contribution is -2.11. The van der Waals surface area contributed by atoms with Crippen molar-refractivity contribution in [2.24, 2.45) is 0 Å². The standard InChI is InChI=1S/C16H20N2.C2H6O/c1-11-12(2)16(18(3)4)10-9-15(11)13-5-7-14(17)8-6-13;1-2-3/h5-10H,17H2,1-4H3;3H,2H2,1H3. The van der Waals surface area contributed by atoms with Crippen LogP contribution < -0.4 is 10.6 Å². The predicted octanol–water partition coefficient (Wildman–Crippen LogP) is 3.62. The molecule has 0 atom stereocenters. The van der Waals surface area contributed by atoms with E-state index in [4.69, 9.17) is 10.8 Å². The first-order chi connectivity index (χ1) is 9.92. The lowest BCUT2D eigenvalue weighted by atomic mass is 9.95. The van der Waals surface area contributed by atoms with Crippen LogP contribution in [0, 0.1) is 13.8 Å². The molecule has 21 heavy (non-hydrogen) atoms. The van der Waals surface area contributed by atoms with Gasteiger partial charge in [0.05, 0.1) is 0 Å². The van der Waals surface area contributed by atoms with Crippen LogP contribution in [0.1, 0.15) is 18.1 Å². The molecule has 2 rings (SSSR count). The monoisotopic (exact) mass is 286 g/mol. The van der Waals surface area contributed by atoms with E-state index >= 15 is 0 Å². The molecule has 0 unspecified atom stereocenters. The Morgan fingerprint density at radius 2 is 1.48 bits per heavy atom. The van der Waals surface area contributed by atoms with Crippen molar-refractivity contribution in [3.05, 3.63) is 47.5 Å². The second-order valence-corrected chi connectivity index (χ2v) is 5.21.